The number of hydrogen-bond donors (Lipinski definition) is 2. The SMILES string of the molecule is CCc1ccsc1CNC(=O)c1ccccc1C(=O)O. The average Bonchev–Trinajstić information content (AvgIpc) is 2.92. The van der Waals surface area contributed by atoms with Crippen LogP contribution in [0, 0.1) is 0 Å². The maximum atomic E-state index is 12.1. The van der Waals surface area contributed by atoms with Crippen LogP contribution in [-0.4, -0.2) is 17.0 Å². The molecule has 1 heterocycles. The molecule has 0 saturated carbocycles. The number of rotatable bonds is 5. The molecule has 0 unspecified atom stereocenters. The lowest BCUT2D eigenvalue weighted by Gasteiger charge is -2.07. The third-order valence-corrected chi connectivity index (χ3v) is 3.99. The summed E-state index contributed by atoms with van der Waals surface area (Å²) in [5.41, 5.74) is 1.42. The van der Waals surface area contributed by atoms with Crippen LogP contribution in [0.25, 0.3) is 0 Å². The summed E-state index contributed by atoms with van der Waals surface area (Å²) < 4.78 is 0. The Bertz CT molecular complexity index is 634. The molecule has 4 nitrogen and oxygen atoms in total. The second-order valence-electron chi connectivity index (χ2n) is 4.26. The van der Waals surface area contributed by atoms with E-state index in [0.717, 1.165) is 11.3 Å². The van der Waals surface area contributed by atoms with Crippen molar-refractivity contribution in [3.63, 3.8) is 0 Å². The van der Waals surface area contributed by atoms with Crippen molar-refractivity contribution in [2.75, 3.05) is 0 Å². The van der Waals surface area contributed by atoms with Gasteiger partial charge >= 0.3 is 5.97 Å². The Morgan fingerprint density at radius 3 is 2.55 bits per heavy atom. The van der Waals surface area contributed by atoms with Gasteiger partial charge in [0.15, 0.2) is 0 Å². The van der Waals surface area contributed by atoms with Crippen LogP contribution in [0.1, 0.15) is 38.1 Å². The Balaban J connectivity index is 2.11. The van der Waals surface area contributed by atoms with Crippen molar-refractivity contribution in [1.29, 1.82) is 0 Å². The van der Waals surface area contributed by atoms with Gasteiger partial charge in [-0.1, -0.05) is 19.1 Å². The molecule has 0 spiro atoms. The molecule has 5 heteroatoms. The molecule has 0 aliphatic carbocycles. The van der Waals surface area contributed by atoms with Gasteiger partial charge in [0.05, 0.1) is 17.7 Å². The third-order valence-electron chi connectivity index (χ3n) is 3.03. The molecule has 1 aromatic carbocycles. The zero-order valence-corrected chi connectivity index (χ0v) is 11.9. The van der Waals surface area contributed by atoms with Gasteiger partial charge in [0, 0.05) is 4.88 Å². The summed E-state index contributed by atoms with van der Waals surface area (Å²) in [6.45, 7) is 2.49. The van der Waals surface area contributed by atoms with Crippen molar-refractivity contribution < 1.29 is 14.7 Å². The van der Waals surface area contributed by atoms with Gasteiger partial charge < -0.3 is 10.4 Å². The van der Waals surface area contributed by atoms with Crippen molar-refractivity contribution in [3.8, 4) is 0 Å². The summed E-state index contributed by atoms with van der Waals surface area (Å²) in [4.78, 5) is 24.3. The van der Waals surface area contributed by atoms with Crippen molar-refractivity contribution in [2.24, 2.45) is 0 Å². The molecular formula is C15H15NO3S. The largest absolute Gasteiger partial charge is 0.478 e. The van der Waals surface area contributed by atoms with Crippen LogP contribution in [0.3, 0.4) is 0 Å². The molecule has 20 heavy (non-hydrogen) atoms. The molecule has 0 aliphatic heterocycles. The highest BCUT2D eigenvalue weighted by atomic mass is 32.1. The van der Waals surface area contributed by atoms with E-state index in [1.807, 2.05) is 11.4 Å². The normalized spacial score (nSPS) is 10.2. The second kappa shape index (κ2) is 6.34. The third kappa shape index (κ3) is 3.05. The van der Waals surface area contributed by atoms with Crippen LogP contribution in [-0.2, 0) is 13.0 Å². The number of aromatic carboxylic acids is 1. The van der Waals surface area contributed by atoms with E-state index in [1.165, 1.54) is 17.7 Å². The maximum absolute atomic E-state index is 12.1. The number of carbonyl (C=O) groups excluding carboxylic acids is 1. The van der Waals surface area contributed by atoms with Crippen molar-refractivity contribution in [2.45, 2.75) is 19.9 Å². The van der Waals surface area contributed by atoms with E-state index < -0.39 is 5.97 Å². The van der Waals surface area contributed by atoms with E-state index in [-0.39, 0.29) is 17.0 Å². The van der Waals surface area contributed by atoms with Crippen LogP contribution in [0.15, 0.2) is 35.7 Å². The van der Waals surface area contributed by atoms with Gasteiger partial charge in [-0.2, -0.15) is 0 Å². The summed E-state index contributed by atoms with van der Waals surface area (Å²) in [5, 5.41) is 13.8. The topological polar surface area (TPSA) is 66.4 Å². The summed E-state index contributed by atoms with van der Waals surface area (Å²) >= 11 is 1.59. The molecule has 0 saturated heterocycles. The van der Waals surface area contributed by atoms with E-state index >= 15 is 0 Å². The predicted octanol–water partition coefficient (Wildman–Crippen LogP) is 2.94. The highest BCUT2D eigenvalue weighted by Crippen LogP contribution is 2.17. The zero-order chi connectivity index (χ0) is 14.5. The first-order valence-electron chi connectivity index (χ1n) is 6.29. The summed E-state index contributed by atoms with van der Waals surface area (Å²) in [6, 6.07) is 8.25. The minimum atomic E-state index is -1.10. The number of carbonyl (C=O) groups is 2. The van der Waals surface area contributed by atoms with E-state index in [4.69, 9.17) is 5.11 Å². The monoisotopic (exact) mass is 289 g/mol. The number of aryl methyl sites for hydroxylation is 1. The quantitative estimate of drug-likeness (QED) is 0.889. The molecule has 0 atom stereocenters. The van der Waals surface area contributed by atoms with E-state index in [0.29, 0.717) is 6.54 Å². The highest BCUT2D eigenvalue weighted by molar-refractivity contribution is 7.10. The van der Waals surface area contributed by atoms with Gasteiger partial charge in [-0.05, 0) is 35.6 Å². The average molecular weight is 289 g/mol. The lowest BCUT2D eigenvalue weighted by Crippen LogP contribution is -2.24. The fourth-order valence-corrected chi connectivity index (χ4v) is 2.88. The highest BCUT2D eigenvalue weighted by Gasteiger charge is 2.15. The molecule has 1 amide bonds. The van der Waals surface area contributed by atoms with Crippen LogP contribution in [0.5, 0.6) is 0 Å². The molecule has 104 valence electrons. The first-order chi connectivity index (χ1) is 9.63. The van der Waals surface area contributed by atoms with Gasteiger partial charge in [0.2, 0.25) is 0 Å². The van der Waals surface area contributed by atoms with Crippen molar-refractivity contribution in [1.82, 2.24) is 5.32 Å². The lowest BCUT2D eigenvalue weighted by atomic mass is 10.1. The fraction of sp³-hybridized carbons (Fsp3) is 0.200. The van der Waals surface area contributed by atoms with E-state index in [9.17, 15) is 9.59 Å². The van der Waals surface area contributed by atoms with Crippen LogP contribution < -0.4 is 5.32 Å². The second-order valence-corrected chi connectivity index (χ2v) is 5.26. The maximum Gasteiger partial charge on any atom is 0.336 e. The number of thiophene rings is 1. The van der Waals surface area contributed by atoms with Gasteiger partial charge in [-0.25, -0.2) is 4.79 Å². The minimum absolute atomic E-state index is 0.0203. The molecule has 2 rings (SSSR count). The Morgan fingerprint density at radius 2 is 1.90 bits per heavy atom. The van der Waals surface area contributed by atoms with Crippen molar-refractivity contribution >= 4 is 23.2 Å². The molecular weight excluding hydrogens is 274 g/mol. The van der Waals surface area contributed by atoms with Gasteiger partial charge in [0.1, 0.15) is 0 Å². The molecule has 2 N–H and O–H groups in total. The van der Waals surface area contributed by atoms with Crippen LogP contribution in [0.2, 0.25) is 0 Å². The van der Waals surface area contributed by atoms with E-state index in [1.54, 1.807) is 23.5 Å². The molecule has 0 radical (unpaired) electrons. The first kappa shape index (κ1) is 14.3. The summed E-state index contributed by atoms with van der Waals surface area (Å²) in [6.07, 6.45) is 0.917. The summed E-state index contributed by atoms with van der Waals surface area (Å²) in [5.74, 6) is -1.46. The number of carboxylic acid groups (broad SMARTS) is 1. The first-order valence-corrected chi connectivity index (χ1v) is 7.17. The number of nitrogens with one attached hydrogen (secondary N) is 1. The number of hydrogen-bond acceptors (Lipinski definition) is 3. The summed E-state index contributed by atoms with van der Waals surface area (Å²) in [7, 11) is 0. The van der Waals surface area contributed by atoms with Gasteiger partial charge in [-0.3, -0.25) is 4.79 Å². The van der Waals surface area contributed by atoms with Crippen LogP contribution in [0.4, 0.5) is 0 Å². The fourth-order valence-electron chi connectivity index (χ4n) is 1.96. The molecule has 0 aliphatic rings. The van der Waals surface area contributed by atoms with Crippen molar-refractivity contribution in [3.05, 3.63) is 57.3 Å². The van der Waals surface area contributed by atoms with Crippen LogP contribution >= 0.6 is 11.3 Å². The number of amides is 1. The molecule has 0 bridgehead atoms. The predicted molar refractivity (Wildman–Crippen MR) is 78.3 cm³/mol. The Hall–Kier alpha value is -2.14. The minimum Gasteiger partial charge on any atom is -0.478 e. The molecule has 1 aromatic heterocycles. The van der Waals surface area contributed by atoms with Gasteiger partial charge in [0.25, 0.3) is 5.91 Å². The zero-order valence-electron chi connectivity index (χ0n) is 11.1. The molecule has 0 fully saturated rings. The van der Waals surface area contributed by atoms with Gasteiger partial charge in [-0.15, -0.1) is 11.3 Å². The Kier molecular flexibility index (Phi) is 4.53. The van der Waals surface area contributed by atoms with E-state index in [2.05, 4.69) is 12.2 Å². The number of benzene rings is 1. The standard InChI is InChI=1S/C15H15NO3S/c1-2-10-7-8-20-13(10)9-16-14(17)11-5-3-4-6-12(11)15(18)19/h3-8H,2,9H2,1H3,(H,16,17)(H,18,19). The Morgan fingerprint density at radius 1 is 1.20 bits per heavy atom. The smallest absolute Gasteiger partial charge is 0.336 e. The molecule has 2 aromatic rings. The Labute approximate surface area is 121 Å². The lowest BCUT2D eigenvalue weighted by molar-refractivity contribution is 0.0691. The number of carboxylic acids is 1.